The van der Waals surface area contributed by atoms with Gasteiger partial charge in [0.1, 0.15) is 0 Å². The standard InChI is InChI=1S/C15H21NO2S/c1-4-13(11(2)3)16-15(18)14-9-8-12(19-14)7-5-6-10-17/h8-9,11,13,17H,4,6,10H2,1-3H3,(H,16,18). The first-order chi connectivity index (χ1) is 9.08. The summed E-state index contributed by atoms with van der Waals surface area (Å²) in [5.41, 5.74) is 0. The molecule has 1 unspecified atom stereocenters. The predicted octanol–water partition coefficient (Wildman–Crippen LogP) is 2.65. The minimum absolute atomic E-state index is 0.0271. The molecule has 2 N–H and O–H groups in total. The molecule has 1 amide bonds. The van der Waals surface area contributed by atoms with Crippen LogP contribution in [0, 0.1) is 17.8 Å². The molecule has 0 bridgehead atoms. The van der Waals surface area contributed by atoms with Gasteiger partial charge in [-0.25, -0.2) is 0 Å². The number of carbonyl (C=O) groups is 1. The van der Waals surface area contributed by atoms with Crippen LogP contribution in [0.25, 0.3) is 0 Å². The SMILES string of the molecule is CCC(NC(=O)c1ccc(C#CCCO)s1)C(C)C. The first-order valence-electron chi connectivity index (χ1n) is 6.58. The van der Waals surface area contributed by atoms with Crippen molar-refractivity contribution in [1.82, 2.24) is 5.32 Å². The van der Waals surface area contributed by atoms with Crippen LogP contribution in [0.5, 0.6) is 0 Å². The topological polar surface area (TPSA) is 49.3 Å². The van der Waals surface area contributed by atoms with E-state index in [9.17, 15) is 4.79 Å². The van der Waals surface area contributed by atoms with Crippen molar-refractivity contribution >= 4 is 17.2 Å². The van der Waals surface area contributed by atoms with E-state index in [1.807, 2.05) is 6.07 Å². The molecule has 0 radical (unpaired) electrons. The summed E-state index contributed by atoms with van der Waals surface area (Å²) >= 11 is 1.39. The smallest absolute Gasteiger partial charge is 0.261 e. The number of nitrogens with one attached hydrogen (secondary N) is 1. The van der Waals surface area contributed by atoms with Crippen molar-refractivity contribution in [2.75, 3.05) is 6.61 Å². The summed E-state index contributed by atoms with van der Waals surface area (Å²) < 4.78 is 0. The monoisotopic (exact) mass is 279 g/mol. The molecule has 1 aromatic heterocycles. The summed E-state index contributed by atoms with van der Waals surface area (Å²) in [7, 11) is 0. The lowest BCUT2D eigenvalue weighted by Crippen LogP contribution is -2.37. The van der Waals surface area contributed by atoms with Crippen LogP contribution in [0.4, 0.5) is 0 Å². The van der Waals surface area contributed by atoms with Crippen LogP contribution < -0.4 is 5.32 Å². The lowest BCUT2D eigenvalue weighted by molar-refractivity contribution is 0.0929. The fraction of sp³-hybridized carbons (Fsp3) is 0.533. The van der Waals surface area contributed by atoms with E-state index in [0.29, 0.717) is 17.2 Å². The highest BCUT2D eigenvalue weighted by molar-refractivity contribution is 7.14. The molecule has 1 aromatic rings. The molecular formula is C15H21NO2S. The molecule has 0 saturated heterocycles. The average molecular weight is 279 g/mol. The number of amides is 1. The Labute approximate surface area is 119 Å². The number of carbonyl (C=O) groups excluding carboxylic acids is 1. The molecule has 0 fully saturated rings. The zero-order valence-corrected chi connectivity index (χ0v) is 12.5. The van der Waals surface area contributed by atoms with E-state index in [-0.39, 0.29) is 18.6 Å². The van der Waals surface area contributed by atoms with Gasteiger partial charge < -0.3 is 10.4 Å². The van der Waals surface area contributed by atoms with Gasteiger partial charge in [-0.3, -0.25) is 4.79 Å². The van der Waals surface area contributed by atoms with Crippen LogP contribution in [0.3, 0.4) is 0 Å². The molecule has 104 valence electrons. The fourth-order valence-electron chi connectivity index (χ4n) is 1.71. The maximum atomic E-state index is 12.1. The largest absolute Gasteiger partial charge is 0.395 e. The van der Waals surface area contributed by atoms with Gasteiger partial charge in [-0.05, 0) is 24.5 Å². The molecule has 1 atom stereocenters. The van der Waals surface area contributed by atoms with Gasteiger partial charge in [0.2, 0.25) is 0 Å². The first-order valence-corrected chi connectivity index (χ1v) is 7.40. The zero-order chi connectivity index (χ0) is 14.3. The minimum Gasteiger partial charge on any atom is -0.395 e. The summed E-state index contributed by atoms with van der Waals surface area (Å²) in [4.78, 5) is 13.6. The van der Waals surface area contributed by atoms with Gasteiger partial charge in [0.15, 0.2) is 0 Å². The van der Waals surface area contributed by atoms with Crippen molar-refractivity contribution in [3.05, 3.63) is 21.9 Å². The minimum atomic E-state index is -0.0271. The molecule has 0 aromatic carbocycles. The van der Waals surface area contributed by atoms with E-state index in [1.54, 1.807) is 6.07 Å². The molecule has 1 rings (SSSR count). The lowest BCUT2D eigenvalue weighted by atomic mass is 10.0. The lowest BCUT2D eigenvalue weighted by Gasteiger charge is -2.20. The Morgan fingerprint density at radius 2 is 2.21 bits per heavy atom. The van der Waals surface area contributed by atoms with E-state index in [0.717, 1.165) is 11.3 Å². The highest BCUT2D eigenvalue weighted by atomic mass is 32.1. The Morgan fingerprint density at radius 3 is 2.79 bits per heavy atom. The van der Waals surface area contributed by atoms with Gasteiger partial charge >= 0.3 is 0 Å². The summed E-state index contributed by atoms with van der Waals surface area (Å²) in [6, 6.07) is 3.86. The number of hydrogen-bond acceptors (Lipinski definition) is 3. The molecule has 0 aliphatic heterocycles. The van der Waals surface area contributed by atoms with Gasteiger partial charge in [-0.15, -0.1) is 11.3 Å². The second kappa shape index (κ2) is 7.98. The Balaban J connectivity index is 2.66. The van der Waals surface area contributed by atoms with Crippen molar-refractivity contribution in [2.24, 2.45) is 5.92 Å². The van der Waals surface area contributed by atoms with Gasteiger partial charge in [0, 0.05) is 12.5 Å². The van der Waals surface area contributed by atoms with Crippen LogP contribution >= 0.6 is 11.3 Å². The third-order valence-electron chi connectivity index (χ3n) is 2.84. The van der Waals surface area contributed by atoms with Gasteiger partial charge in [-0.2, -0.15) is 0 Å². The van der Waals surface area contributed by atoms with Crippen LogP contribution in [-0.4, -0.2) is 23.7 Å². The number of thiophene rings is 1. The maximum Gasteiger partial charge on any atom is 0.261 e. The second-order valence-electron chi connectivity index (χ2n) is 4.67. The quantitative estimate of drug-likeness (QED) is 0.814. The Bertz CT molecular complexity index is 468. The summed E-state index contributed by atoms with van der Waals surface area (Å²) in [6.45, 7) is 6.35. The molecule has 0 spiro atoms. The molecular weight excluding hydrogens is 258 g/mol. The molecule has 0 aliphatic rings. The Kier molecular flexibility index (Phi) is 6.61. The van der Waals surface area contributed by atoms with Gasteiger partial charge in [-0.1, -0.05) is 32.6 Å². The summed E-state index contributed by atoms with van der Waals surface area (Å²) in [5, 5.41) is 11.7. The maximum absolute atomic E-state index is 12.1. The van der Waals surface area contributed by atoms with Crippen molar-refractivity contribution < 1.29 is 9.90 Å². The fourth-order valence-corrected chi connectivity index (χ4v) is 2.50. The van der Waals surface area contributed by atoms with Crippen LogP contribution in [0.2, 0.25) is 0 Å². The highest BCUT2D eigenvalue weighted by Crippen LogP contribution is 2.16. The summed E-state index contributed by atoms with van der Waals surface area (Å²) in [6.07, 6.45) is 1.39. The molecule has 0 saturated carbocycles. The summed E-state index contributed by atoms with van der Waals surface area (Å²) in [5.74, 6) is 6.19. The van der Waals surface area contributed by atoms with E-state index in [1.165, 1.54) is 11.3 Å². The molecule has 0 aliphatic carbocycles. The predicted molar refractivity (Wildman–Crippen MR) is 79.3 cm³/mol. The van der Waals surface area contributed by atoms with Crippen molar-refractivity contribution in [1.29, 1.82) is 0 Å². The molecule has 1 heterocycles. The number of hydrogen-bond donors (Lipinski definition) is 2. The average Bonchev–Trinajstić information content (AvgIpc) is 2.84. The second-order valence-corrected chi connectivity index (χ2v) is 5.76. The third kappa shape index (κ3) is 5.06. The van der Waals surface area contributed by atoms with E-state index < -0.39 is 0 Å². The number of aliphatic hydroxyl groups is 1. The number of aliphatic hydroxyl groups excluding tert-OH is 1. The van der Waals surface area contributed by atoms with Crippen LogP contribution in [-0.2, 0) is 0 Å². The van der Waals surface area contributed by atoms with E-state index in [4.69, 9.17) is 5.11 Å². The van der Waals surface area contributed by atoms with Crippen molar-refractivity contribution in [3.8, 4) is 11.8 Å². The first kappa shape index (κ1) is 15.7. The van der Waals surface area contributed by atoms with Crippen molar-refractivity contribution in [3.63, 3.8) is 0 Å². The van der Waals surface area contributed by atoms with Crippen molar-refractivity contribution in [2.45, 2.75) is 39.7 Å². The highest BCUT2D eigenvalue weighted by Gasteiger charge is 2.16. The van der Waals surface area contributed by atoms with E-state index in [2.05, 4.69) is 37.9 Å². The number of rotatable bonds is 5. The zero-order valence-electron chi connectivity index (χ0n) is 11.7. The molecule has 19 heavy (non-hydrogen) atoms. The van der Waals surface area contributed by atoms with E-state index >= 15 is 0 Å². The Hall–Kier alpha value is -1.31. The molecule has 3 nitrogen and oxygen atoms in total. The Morgan fingerprint density at radius 1 is 1.47 bits per heavy atom. The van der Waals surface area contributed by atoms with Gasteiger partial charge in [0.05, 0.1) is 16.4 Å². The van der Waals surface area contributed by atoms with Crippen LogP contribution in [0.15, 0.2) is 12.1 Å². The molecule has 4 heteroatoms. The normalized spacial score (nSPS) is 11.8. The van der Waals surface area contributed by atoms with Crippen LogP contribution in [0.1, 0.15) is 48.2 Å². The van der Waals surface area contributed by atoms with Gasteiger partial charge in [0.25, 0.3) is 5.91 Å². The third-order valence-corrected chi connectivity index (χ3v) is 3.84.